The highest BCUT2D eigenvalue weighted by Gasteiger charge is 2.20. The van der Waals surface area contributed by atoms with Gasteiger partial charge in [-0.05, 0) is 5.92 Å². The fraction of sp³-hybridized carbons (Fsp3) is 0.615. The summed E-state index contributed by atoms with van der Waals surface area (Å²) in [5.74, 6) is 0.745. The third-order valence-electron chi connectivity index (χ3n) is 3.05. The predicted octanol–water partition coefficient (Wildman–Crippen LogP) is 0.331. The van der Waals surface area contributed by atoms with Crippen molar-refractivity contribution < 1.29 is 9.59 Å². The second-order valence-corrected chi connectivity index (χ2v) is 5.34. The summed E-state index contributed by atoms with van der Waals surface area (Å²) < 4.78 is 1.90. The van der Waals surface area contributed by atoms with Crippen LogP contribution in [0.15, 0.2) is 12.4 Å². The van der Waals surface area contributed by atoms with E-state index in [1.165, 1.54) is 0 Å². The van der Waals surface area contributed by atoms with Crippen LogP contribution in [0, 0.1) is 5.92 Å². The Hall–Kier alpha value is -1.60. The van der Waals surface area contributed by atoms with Crippen molar-refractivity contribution in [2.75, 3.05) is 31.5 Å². The van der Waals surface area contributed by atoms with Crippen molar-refractivity contribution in [3.8, 4) is 0 Å². The van der Waals surface area contributed by atoms with Crippen LogP contribution in [-0.4, -0.2) is 52.4 Å². The van der Waals surface area contributed by atoms with E-state index < -0.39 is 0 Å². The molecule has 2 rings (SSSR count). The normalized spacial score (nSPS) is 15.0. The minimum absolute atomic E-state index is 0. The summed E-state index contributed by atoms with van der Waals surface area (Å²) in [5.41, 5.74) is 0. The third-order valence-corrected chi connectivity index (χ3v) is 3.05. The van der Waals surface area contributed by atoms with Gasteiger partial charge in [0, 0.05) is 32.0 Å². The average molecular weight is 316 g/mol. The number of hydrogen-bond donors (Lipinski definition) is 2. The number of aromatic nitrogens is 2. The highest BCUT2D eigenvalue weighted by molar-refractivity contribution is 5.93. The molecule has 1 aromatic rings. The maximum absolute atomic E-state index is 12.0. The Bertz CT molecular complexity index is 489. The number of amides is 2. The first-order valence-corrected chi connectivity index (χ1v) is 6.85. The minimum atomic E-state index is -0.212. The molecule has 0 bridgehead atoms. The Morgan fingerprint density at radius 2 is 2.29 bits per heavy atom. The molecule has 1 fully saturated rings. The summed E-state index contributed by atoms with van der Waals surface area (Å²) in [5, 5.41) is 5.74. The van der Waals surface area contributed by atoms with Crippen molar-refractivity contribution in [3.63, 3.8) is 0 Å². The fourth-order valence-electron chi connectivity index (χ4n) is 2.12. The molecule has 8 heteroatoms. The molecule has 0 atom stereocenters. The lowest BCUT2D eigenvalue weighted by atomic mass is 10.2. The molecular formula is C13H22ClN5O2. The Morgan fingerprint density at radius 1 is 1.52 bits per heavy atom. The second kappa shape index (κ2) is 7.99. The minimum Gasteiger partial charge on any atom is -0.331 e. The van der Waals surface area contributed by atoms with Crippen LogP contribution in [0.3, 0.4) is 0 Å². The molecule has 21 heavy (non-hydrogen) atoms. The van der Waals surface area contributed by atoms with Crippen molar-refractivity contribution in [3.05, 3.63) is 12.4 Å². The third kappa shape index (κ3) is 5.02. The smallest absolute Gasteiger partial charge is 0.246 e. The molecule has 0 radical (unpaired) electrons. The zero-order valence-corrected chi connectivity index (χ0v) is 13.2. The van der Waals surface area contributed by atoms with Gasteiger partial charge in [-0.1, -0.05) is 13.8 Å². The molecule has 1 aromatic heterocycles. The largest absolute Gasteiger partial charge is 0.331 e. The van der Waals surface area contributed by atoms with E-state index in [1.807, 2.05) is 10.8 Å². The van der Waals surface area contributed by atoms with Gasteiger partial charge in [0.2, 0.25) is 17.8 Å². The van der Waals surface area contributed by atoms with E-state index in [0.29, 0.717) is 25.0 Å². The zero-order valence-electron chi connectivity index (χ0n) is 12.3. The molecule has 2 N–H and O–H groups in total. The van der Waals surface area contributed by atoms with Gasteiger partial charge in [-0.25, -0.2) is 4.98 Å². The topological polar surface area (TPSA) is 79.3 Å². The molecule has 2 amide bonds. The van der Waals surface area contributed by atoms with Crippen LogP contribution in [0.1, 0.15) is 13.8 Å². The zero-order chi connectivity index (χ0) is 14.5. The Balaban J connectivity index is 0.00000220. The van der Waals surface area contributed by atoms with Gasteiger partial charge in [0.1, 0.15) is 6.54 Å². The summed E-state index contributed by atoms with van der Waals surface area (Å²) in [7, 11) is 0. The molecule has 0 aliphatic carbocycles. The molecule has 118 valence electrons. The second-order valence-electron chi connectivity index (χ2n) is 5.34. The SMILES string of the molecule is CC(C)Cn1ccnc1NC(=O)CN1CCNCC1=O.Cl. The number of hydrogen-bond acceptors (Lipinski definition) is 4. The van der Waals surface area contributed by atoms with Crippen LogP contribution in [0.25, 0.3) is 0 Å². The van der Waals surface area contributed by atoms with E-state index in [2.05, 4.69) is 29.5 Å². The number of imidazole rings is 1. The molecule has 7 nitrogen and oxygen atoms in total. The summed E-state index contributed by atoms with van der Waals surface area (Å²) in [6, 6.07) is 0. The van der Waals surface area contributed by atoms with E-state index in [-0.39, 0.29) is 30.8 Å². The molecular weight excluding hydrogens is 294 g/mol. The van der Waals surface area contributed by atoms with Crippen LogP contribution >= 0.6 is 12.4 Å². The van der Waals surface area contributed by atoms with Gasteiger partial charge in [-0.3, -0.25) is 14.9 Å². The van der Waals surface area contributed by atoms with Gasteiger partial charge in [-0.15, -0.1) is 12.4 Å². The molecule has 0 unspecified atom stereocenters. The first kappa shape index (κ1) is 17.5. The molecule has 2 heterocycles. The number of anilines is 1. The molecule has 1 aliphatic heterocycles. The van der Waals surface area contributed by atoms with Gasteiger partial charge >= 0.3 is 0 Å². The van der Waals surface area contributed by atoms with Crippen LogP contribution in [0.5, 0.6) is 0 Å². The van der Waals surface area contributed by atoms with E-state index in [0.717, 1.165) is 13.1 Å². The standard InChI is InChI=1S/C13H21N5O2.ClH/c1-10(2)8-18-6-4-15-13(18)16-11(19)9-17-5-3-14-7-12(17)20;/h4,6,10,14H,3,5,7-9H2,1-2H3,(H,15,16,19);1H. The van der Waals surface area contributed by atoms with Gasteiger partial charge in [0.05, 0.1) is 6.54 Å². The van der Waals surface area contributed by atoms with E-state index in [4.69, 9.17) is 0 Å². The van der Waals surface area contributed by atoms with Gasteiger partial charge < -0.3 is 14.8 Å². The highest BCUT2D eigenvalue weighted by Crippen LogP contribution is 2.08. The summed E-state index contributed by atoms with van der Waals surface area (Å²) in [6.45, 7) is 6.66. The summed E-state index contributed by atoms with van der Waals surface area (Å²) in [6.07, 6.45) is 3.50. The first-order chi connectivity index (χ1) is 9.56. The van der Waals surface area contributed by atoms with Crippen molar-refractivity contribution in [2.24, 2.45) is 5.92 Å². The number of carbonyl (C=O) groups excluding carboxylic acids is 2. The molecule has 1 aliphatic rings. The summed E-state index contributed by atoms with van der Waals surface area (Å²) in [4.78, 5) is 29.3. The van der Waals surface area contributed by atoms with Crippen LogP contribution in [0.2, 0.25) is 0 Å². The van der Waals surface area contributed by atoms with Crippen LogP contribution in [0.4, 0.5) is 5.95 Å². The number of nitrogens with zero attached hydrogens (tertiary/aromatic N) is 3. The summed E-state index contributed by atoms with van der Waals surface area (Å²) >= 11 is 0. The monoisotopic (exact) mass is 315 g/mol. The Morgan fingerprint density at radius 3 is 2.95 bits per heavy atom. The maximum atomic E-state index is 12.0. The number of piperazine rings is 1. The lowest BCUT2D eigenvalue weighted by molar-refractivity contribution is -0.135. The van der Waals surface area contributed by atoms with Crippen molar-refractivity contribution in [1.29, 1.82) is 0 Å². The number of carbonyl (C=O) groups is 2. The highest BCUT2D eigenvalue weighted by atomic mass is 35.5. The van der Waals surface area contributed by atoms with E-state index >= 15 is 0 Å². The number of rotatable bonds is 5. The molecule has 0 spiro atoms. The van der Waals surface area contributed by atoms with E-state index in [9.17, 15) is 9.59 Å². The number of nitrogens with one attached hydrogen (secondary N) is 2. The molecule has 0 aromatic carbocycles. The Labute approximate surface area is 130 Å². The predicted molar refractivity (Wildman–Crippen MR) is 82.4 cm³/mol. The molecule has 1 saturated heterocycles. The quantitative estimate of drug-likeness (QED) is 0.821. The van der Waals surface area contributed by atoms with Crippen LogP contribution in [-0.2, 0) is 16.1 Å². The maximum Gasteiger partial charge on any atom is 0.246 e. The van der Waals surface area contributed by atoms with Crippen molar-refractivity contribution >= 4 is 30.2 Å². The van der Waals surface area contributed by atoms with Crippen molar-refractivity contribution in [2.45, 2.75) is 20.4 Å². The number of halogens is 1. The van der Waals surface area contributed by atoms with Crippen molar-refractivity contribution in [1.82, 2.24) is 19.8 Å². The lowest BCUT2D eigenvalue weighted by Gasteiger charge is -2.26. The van der Waals surface area contributed by atoms with Gasteiger partial charge in [0.25, 0.3) is 0 Å². The average Bonchev–Trinajstić information content (AvgIpc) is 2.78. The Kier molecular flexibility index (Phi) is 6.64. The lowest BCUT2D eigenvalue weighted by Crippen LogP contribution is -2.50. The molecule has 0 saturated carbocycles. The van der Waals surface area contributed by atoms with Gasteiger partial charge in [0.15, 0.2) is 0 Å². The fourth-order valence-corrected chi connectivity index (χ4v) is 2.12. The first-order valence-electron chi connectivity index (χ1n) is 6.85. The van der Waals surface area contributed by atoms with E-state index in [1.54, 1.807) is 11.1 Å². The van der Waals surface area contributed by atoms with Gasteiger partial charge in [-0.2, -0.15) is 0 Å². The van der Waals surface area contributed by atoms with Crippen LogP contribution < -0.4 is 10.6 Å².